The molecule has 1 heterocycles. The van der Waals surface area contributed by atoms with Crippen molar-refractivity contribution in [1.82, 2.24) is 4.57 Å². The minimum absolute atomic E-state index is 0.514. The SMILES string of the molecule is c1ccc(-c2ccc(N(c3ccc(-c4cccc(-c5ccc6c7ccccc7n(-c7ccc8ccccc8c7)c6c5)c4)cc3)c3ccc4c(c3)C(c3ccccc3)(c3ccccc3)c3ccccc3-4)cc2)cc1. The molecule has 14 rings (SSSR count). The maximum absolute atomic E-state index is 2.45. The van der Waals surface area contributed by atoms with Gasteiger partial charge < -0.3 is 9.47 Å². The van der Waals surface area contributed by atoms with Crippen molar-refractivity contribution in [3.63, 3.8) is 0 Å². The van der Waals surface area contributed by atoms with Gasteiger partial charge >= 0.3 is 0 Å². The molecule has 0 bridgehead atoms. The summed E-state index contributed by atoms with van der Waals surface area (Å²) in [5, 5.41) is 4.98. The minimum atomic E-state index is -0.514. The van der Waals surface area contributed by atoms with E-state index in [9.17, 15) is 0 Å². The summed E-state index contributed by atoms with van der Waals surface area (Å²) in [6.45, 7) is 0. The van der Waals surface area contributed by atoms with Crippen LogP contribution in [0.1, 0.15) is 22.3 Å². The van der Waals surface area contributed by atoms with Crippen LogP contribution in [0.5, 0.6) is 0 Å². The second kappa shape index (κ2) is 17.4. The van der Waals surface area contributed by atoms with Gasteiger partial charge in [-0.1, -0.05) is 224 Å². The molecule has 0 saturated heterocycles. The van der Waals surface area contributed by atoms with Crippen LogP contribution in [0.2, 0.25) is 0 Å². The van der Waals surface area contributed by atoms with E-state index < -0.39 is 5.41 Å². The molecule has 73 heavy (non-hydrogen) atoms. The second-order valence-electron chi connectivity index (χ2n) is 19.2. The van der Waals surface area contributed by atoms with Crippen molar-refractivity contribution >= 4 is 49.6 Å². The molecule has 0 aliphatic heterocycles. The van der Waals surface area contributed by atoms with Crippen molar-refractivity contribution in [3.05, 3.63) is 313 Å². The Balaban J connectivity index is 0.875. The largest absolute Gasteiger partial charge is 0.310 e. The van der Waals surface area contributed by atoms with Crippen molar-refractivity contribution in [2.45, 2.75) is 5.41 Å². The molecule has 0 unspecified atom stereocenters. The topological polar surface area (TPSA) is 8.17 Å². The lowest BCUT2D eigenvalue weighted by Gasteiger charge is -2.35. The van der Waals surface area contributed by atoms with Crippen LogP contribution < -0.4 is 4.90 Å². The minimum Gasteiger partial charge on any atom is -0.310 e. The van der Waals surface area contributed by atoms with E-state index in [4.69, 9.17) is 0 Å². The van der Waals surface area contributed by atoms with Crippen molar-refractivity contribution in [3.8, 4) is 50.2 Å². The van der Waals surface area contributed by atoms with Gasteiger partial charge in [0.05, 0.1) is 16.4 Å². The smallest absolute Gasteiger partial charge is 0.0714 e. The van der Waals surface area contributed by atoms with E-state index in [1.165, 1.54) is 93.8 Å². The summed E-state index contributed by atoms with van der Waals surface area (Å²) >= 11 is 0. The molecule has 0 N–H and O–H groups in total. The summed E-state index contributed by atoms with van der Waals surface area (Å²) in [5.41, 5.74) is 21.0. The molecular weight excluding hydrogens is 881 g/mol. The molecule has 0 saturated carbocycles. The third kappa shape index (κ3) is 7.02. The standard InChI is InChI=1S/C71H48N2/c1-4-17-49(18-5-1)51-31-37-59(38-32-51)72(62-42-44-64-63-27-12-14-29-67(63)71(68(64)48-62,57-23-6-2-7-24-57)58-25-8-3-9-26-58)60-39-33-52(34-40-60)53-21-16-22-54(45-53)56-36-43-66-65-28-13-15-30-69(65)73(70(66)47-56)61-41-35-50-19-10-11-20-55(50)46-61/h1-48H. The predicted octanol–water partition coefficient (Wildman–Crippen LogP) is 18.8. The summed E-state index contributed by atoms with van der Waals surface area (Å²) in [7, 11) is 0. The Bertz CT molecular complexity index is 4130. The molecule has 342 valence electrons. The molecule has 2 nitrogen and oxygen atoms in total. The van der Waals surface area contributed by atoms with Gasteiger partial charge in [-0.25, -0.2) is 0 Å². The van der Waals surface area contributed by atoms with E-state index in [0.717, 1.165) is 28.3 Å². The summed E-state index contributed by atoms with van der Waals surface area (Å²) in [5.74, 6) is 0. The van der Waals surface area contributed by atoms with Crippen molar-refractivity contribution in [1.29, 1.82) is 0 Å². The highest BCUT2D eigenvalue weighted by atomic mass is 15.1. The van der Waals surface area contributed by atoms with Crippen LogP contribution in [0, 0.1) is 0 Å². The molecule has 12 aromatic carbocycles. The number of hydrogen-bond acceptors (Lipinski definition) is 1. The number of fused-ring (bicyclic) bond motifs is 7. The van der Waals surface area contributed by atoms with Gasteiger partial charge in [0.15, 0.2) is 0 Å². The van der Waals surface area contributed by atoms with Gasteiger partial charge in [0, 0.05) is 33.5 Å². The highest BCUT2D eigenvalue weighted by Crippen LogP contribution is 2.57. The first-order valence-electron chi connectivity index (χ1n) is 25.2. The Morgan fingerprint density at radius 2 is 0.781 bits per heavy atom. The van der Waals surface area contributed by atoms with Gasteiger partial charge in [0.2, 0.25) is 0 Å². The number of rotatable bonds is 9. The number of aromatic nitrogens is 1. The monoisotopic (exact) mass is 928 g/mol. The number of para-hydroxylation sites is 1. The number of hydrogen-bond donors (Lipinski definition) is 0. The predicted molar refractivity (Wildman–Crippen MR) is 307 cm³/mol. The Morgan fingerprint density at radius 1 is 0.274 bits per heavy atom. The fraction of sp³-hybridized carbons (Fsp3) is 0.0141. The van der Waals surface area contributed by atoms with Crippen LogP contribution in [-0.4, -0.2) is 4.57 Å². The van der Waals surface area contributed by atoms with Crippen LogP contribution in [0.3, 0.4) is 0 Å². The van der Waals surface area contributed by atoms with Crippen molar-refractivity contribution < 1.29 is 0 Å². The van der Waals surface area contributed by atoms with Crippen LogP contribution in [-0.2, 0) is 5.41 Å². The first-order valence-corrected chi connectivity index (χ1v) is 25.2. The molecule has 13 aromatic rings. The maximum atomic E-state index is 2.45. The highest BCUT2D eigenvalue weighted by Gasteiger charge is 2.46. The first-order chi connectivity index (χ1) is 36.2. The number of benzene rings is 12. The third-order valence-electron chi connectivity index (χ3n) is 15.3. The zero-order chi connectivity index (χ0) is 48.3. The summed E-state index contributed by atoms with van der Waals surface area (Å²) < 4.78 is 2.42. The molecule has 1 aliphatic rings. The molecule has 0 radical (unpaired) electrons. The molecule has 0 fully saturated rings. The number of anilines is 3. The van der Waals surface area contributed by atoms with Gasteiger partial charge in [0.1, 0.15) is 0 Å². The molecule has 0 amide bonds. The van der Waals surface area contributed by atoms with E-state index in [1.54, 1.807) is 0 Å². The molecular formula is C71H48N2. The molecule has 1 aliphatic carbocycles. The Kier molecular flexibility index (Phi) is 10.1. The molecule has 1 aromatic heterocycles. The van der Waals surface area contributed by atoms with E-state index >= 15 is 0 Å². The Labute approximate surface area is 426 Å². The second-order valence-corrected chi connectivity index (χ2v) is 19.2. The average molecular weight is 929 g/mol. The molecule has 0 spiro atoms. The van der Waals surface area contributed by atoms with Crippen LogP contribution in [0.25, 0.3) is 82.8 Å². The summed E-state index contributed by atoms with van der Waals surface area (Å²) in [6.07, 6.45) is 0. The maximum Gasteiger partial charge on any atom is 0.0714 e. The number of nitrogens with zero attached hydrogens (tertiary/aromatic N) is 2. The zero-order valence-corrected chi connectivity index (χ0v) is 40.1. The lowest BCUT2D eigenvalue weighted by molar-refractivity contribution is 0.768. The van der Waals surface area contributed by atoms with Crippen LogP contribution in [0.15, 0.2) is 291 Å². The Hall–Kier alpha value is -9.50. The summed E-state index contributed by atoms with van der Waals surface area (Å²) in [6, 6.07) is 107. The van der Waals surface area contributed by atoms with Crippen molar-refractivity contribution in [2.75, 3.05) is 4.90 Å². The van der Waals surface area contributed by atoms with Gasteiger partial charge in [-0.3, -0.25) is 0 Å². The fourth-order valence-corrected chi connectivity index (χ4v) is 11.9. The van der Waals surface area contributed by atoms with Gasteiger partial charge in [-0.2, -0.15) is 0 Å². The highest BCUT2D eigenvalue weighted by molar-refractivity contribution is 6.10. The van der Waals surface area contributed by atoms with Crippen LogP contribution in [0.4, 0.5) is 17.1 Å². The quantitative estimate of drug-likeness (QED) is 0.140. The third-order valence-corrected chi connectivity index (χ3v) is 15.3. The van der Waals surface area contributed by atoms with E-state index in [1.807, 2.05) is 0 Å². The van der Waals surface area contributed by atoms with E-state index in [-0.39, 0.29) is 0 Å². The molecule has 2 heteroatoms. The van der Waals surface area contributed by atoms with Gasteiger partial charge in [0.25, 0.3) is 0 Å². The van der Waals surface area contributed by atoms with Gasteiger partial charge in [-0.15, -0.1) is 0 Å². The summed E-state index contributed by atoms with van der Waals surface area (Å²) in [4.78, 5) is 2.42. The van der Waals surface area contributed by atoms with E-state index in [0.29, 0.717) is 0 Å². The fourth-order valence-electron chi connectivity index (χ4n) is 11.9. The lowest BCUT2D eigenvalue weighted by atomic mass is 9.67. The van der Waals surface area contributed by atoms with E-state index in [2.05, 4.69) is 301 Å². The normalized spacial score (nSPS) is 12.5. The average Bonchev–Trinajstić information content (AvgIpc) is 3.96. The van der Waals surface area contributed by atoms with Gasteiger partial charge in [-0.05, 0) is 144 Å². The Morgan fingerprint density at radius 3 is 1.51 bits per heavy atom. The van der Waals surface area contributed by atoms with Crippen LogP contribution >= 0.6 is 0 Å². The first kappa shape index (κ1) is 42.4. The zero-order valence-electron chi connectivity index (χ0n) is 40.1. The van der Waals surface area contributed by atoms with Crippen molar-refractivity contribution in [2.24, 2.45) is 0 Å². The lowest BCUT2D eigenvalue weighted by Crippen LogP contribution is -2.28. The molecule has 0 atom stereocenters.